The van der Waals surface area contributed by atoms with Crippen molar-refractivity contribution in [1.82, 2.24) is 5.32 Å². The van der Waals surface area contributed by atoms with Gasteiger partial charge >= 0.3 is 0 Å². The Bertz CT molecular complexity index is 366. The Hall–Kier alpha value is -0.590. The lowest BCUT2D eigenvalue weighted by Gasteiger charge is -2.58. The lowest BCUT2D eigenvalue weighted by atomic mass is 9.49. The first-order chi connectivity index (χ1) is 9.30. The second-order valence-electron chi connectivity index (χ2n) is 7.30. The zero-order valence-corrected chi connectivity index (χ0v) is 11.6. The van der Waals surface area contributed by atoms with Gasteiger partial charge in [-0.25, -0.2) is 0 Å². The molecular weight excluding hydrogens is 236 g/mol. The summed E-state index contributed by atoms with van der Waals surface area (Å²) in [5.74, 6) is 3.06. The molecule has 1 unspecified atom stereocenters. The molecule has 5 rings (SSSR count). The molecule has 5 fully saturated rings. The average Bonchev–Trinajstić information content (AvgIpc) is 2.91. The predicted molar refractivity (Wildman–Crippen MR) is 72.4 cm³/mol. The lowest BCUT2D eigenvalue weighted by molar-refractivity contribution is -0.0508. The number of hydrogen-bond donors (Lipinski definition) is 1. The van der Waals surface area contributed by atoms with E-state index >= 15 is 0 Å². The molecule has 4 bridgehead atoms. The zero-order chi connectivity index (χ0) is 12.9. The number of nitrogens with zero attached hydrogens (tertiary/aromatic N) is 1. The first-order valence-corrected chi connectivity index (χ1v) is 8.08. The summed E-state index contributed by atoms with van der Waals surface area (Å²) >= 11 is 0. The molecule has 1 aliphatic heterocycles. The van der Waals surface area contributed by atoms with Crippen LogP contribution in [0.3, 0.4) is 0 Å². The molecule has 0 aromatic carbocycles. The quantitative estimate of drug-likeness (QED) is 0.848. The van der Waals surface area contributed by atoms with Crippen molar-refractivity contribution >= 4 is 0 Å². The lowest BCUT2D eigenvalue weighted by Crippen LogP contribution is -2.65. The van der Waals surface area contributed by atoms with E-state index < -0.39 is 0 Å². The molecule has 0 radical (unpaired) electrons. The maximum atomic E-state index is 9.87. The molecule has 1 N–H and O–H groups in total. The van der Waals surface area contributed by atoms with Gasteiger partial charge in [0, 0.05) is 13.2 Å². The van der Waals surface area contributed by atoms with Gasteiger partial charge in [-0.1, -0.05) is 0 Å². The molecule has 0 aromatic heterocycles. The second-order valence-corrected chi connectivity index (χ2v) is 7.30. The van der Waals surface area contributed by atoms with Gasteiger partial charge in [0.2, 0.25) is 0 Å². The fraction of sp³-hybridized carbons (Fsp3) is 0.938. The van der Waals surface area contributed by atoms with E-state index in [2.05, 4.69) is 11.4 Å². The van der Waals surface area contributed by atoms with Gasteiger partial charge in [-0.2, -0.15) is 5.26 Å². The maximum absolute atomic E-state index is 9.87. The largest absolute Gasteiger partial charge is 0.377 e. The normalized spacial score (nSPS) is 51.4. The molecule has 1 saturated heterocycles. The summed E-state index contributed by atoms with van der Waals surface area (Å²) < 4.78 is 5.71. The van der Waals surface area contributed by atoms with E-state index in [-0.39, 0.29) is 5.54 Å². The van der Waals surface area contributed by atoms with E-state index in [9.17, 15) is 5.26 Å². The van der Waals surface area contributed by atoms with Crippen LogP contribution in [-0.4, -0.2) is 24.8 Å². The smallest absolute Gasteiger partial charge is 0.112 e. The summed E-state index contributed by atoms with van der Waals surface area (Å²) in [4.78, 5) is 0. The van der Waals surface area contributed by atoms with Crippen molar-refractivity contribution in [2.75, 3.05) is 13.2 Å². The van der Waals surface area contributed by atoms with Crippen molar-refractivity contribution in [2.24, 2.45) is 23.7 Å². The Morgan fingerprint density at radius 3 is 2.32 bits per heavy atom. The Balaban J connectivity index is 1.51. The summed E-state index contributed by atoms with van der Waals surface area (Å²) in [6.45, 7) is 1.79. The Labute approximate surface area is 115 Å². The van der Waals surface area contributed by atoms with E-state index in [1.54, 1.807) is 0 Å². The minimum Gasteiger partial charge on any atom is -0.377 e. The standard InChI is InChI=1S/C16H24N2O/c17-10-16(18-9-15-2-1-3-19-15)13-5-11-4-12(7-13)8-14(16)6-11/h11-15,18H,1-9H2. The van der Waals surface area contributed by atoms with Crippen molar-refractivity contribution in [1.29, 1.82) is 5.26 Å². The van der Waals surface area contributed by atoms with Crippen LogP contribution in [0.1, 0.15) is 44.9 Å². The fourth-order valence-electron chi connectivity index (χ4n) is 5.53. The first kappa shape index (κ1) is 12.2. The van der Waals surface area contributed by atoms with Crippen molar-refractivity contribution in [3.8, 4) is 6.07 Å². The maximum Gasteiger partial charge on any atom is 0.112 e. The number of nitriles is 1. The average molecular weight is 260 g/mol. The highest BCUT2D eigenvalue weighted by Crippen LogP contribution is 2.58. The highest BCUT2D eigenvalue weighted by Gasteiger charge is 2.57. The van der Waals surface area contributed by atoms with Crippen LogP contribution in [-0.2, 0) is 4.74 Å². The number of rotatable bonds is 3. The third-order valence-corrected chi connectivity index (χ3v) is 6.26. The molecule has 19 heavy (non-hydrogen) atoms. The highest BCUT2D eigenvalue weighted by molar-refractivity contribution is 5.21. The Morgan fingerprint density at radius 2 is 1.79 bits per heavy atom. The molecule has 0 spiro atoms. The number of hydrogen-bond acceptors (Lipinski definition) is 3. The minimum absolute atomic E-state index is 0.223. The SMILES string of the molecule is N#CC1(NCC2CCCO2)C2CC3CC(C2)CC1C3. The fourth-order valence-corrected chi connectivity index (χ4v) is 5.53. The Kier molecular flexibility index (Phi) is 2.86. The van der Waals surface area contributed by atoms with Gasteiger partial charge in [0.1, 0.15) is 5.54 Å². The van der Waals surface area contributed by atoms with Crippen LogP contribution < -0.4 is 5.32 Å². The van der Waals surface area contributed by atoms with Crippen LogP contribution in [0.4, 0.5) is 0 Å². The number of ether oxygens (including phenoxy) is 1. The van der Waals surface area contributed by atoms with Crippen molar-refractivity contribution < 1.29 is 4.74 Å². The van der Waals surface area contributed by atoms with E-state index in [0.29, 0.717) is 17.9 Å². The zero-order valence-electron chi connectivity index (χ0n) is 11.6. The van der Waals surface area contributed by atoms with Crippen LogP contribution in [0.2, 0.25) is 0 Å². The van der Waals surface area contributed by atoms with Crippen molar-refractivity contribution in [2.45, 2.75) is 56.6 Å². The van der Waals surface area contributed by atoms with Crippen LogP contribution in [0, 0.1) is 35.0 Å². The van der Waals surface area contributed by atoms with Gasteiger partial charge in [-0.05, 0) is 68.6 Å². The van der Waals surface area contributed by atoms with Gasteiger partial charge in [0.05, 0.1) is 12.2 Å². The van der Waals surface area contributed by atoms with E-state index in [0.717, 1.165) is 31.4 Å². The topological polar surface area (TPSA) is 45.0 Å². The van der Waals surface area contributed by atoms with Crippen LogP contribution >= 0.6 is 0 Å². The van der Waals surface area contributed by atoms with Crippen LogP contribution in [0.25, 0.3) is 0 Å². The third kappa shape index (κ3) is 1.84. The Morgan fingerprint density at radius 1 is 1.11 bits per heavy atom. The predicted octanol–water partition coefficient (Wildman–Crippen LogP) is 2.47. The van der Waals surface area contributed by atoms with Gasteiger partial charge < -0.3 is 4.74 Å². The van der Waals surface area contributed by atoms with Gasteiger partial charge in [-0.3, -0.25) is 5.32 Å². The summed E-state index contributed by atoms with van der Waals surface area (Å²) in [5, 5.41) is 13.6. The molecule has 0 aromatic rings. The van der Waals surface area contributed by atoms with Gasteiger partial charge in [0.15, 0.2) is 0 Å². The van der Waals surface area contributed by atoms with Gasteiger partial charge in [0.25, 0.3) is 0 Å². The molecule has 104 valence electrons. The van der Waals surface area contributed by atoms with E-state index in [1.807, 2.05) is 0 Å². The summed E-state index contributed by atoms with van der Waals surface area (Å²) in [7, 11) is 0. The molecule has 4 saturated carbocycles. The van der Waals surface area contributed by atoms with Crippen LogP contribution in [0.5, 0.6) is 0 Å². The molecule has 3 nitrogen and oxygen atoms in total. The van der Waals surface area contributed by atoms with Crippen LogP contribution in [0.15, 0.2) is 0 Å². The summed E-state index contributed by atoms with van der Waals surface area (Å²) in [6.07, 6.45) is 9.30. The highest BCUT2D eigenvalue weighted by atomic mass is 16.5. The molecule has 0 amide bonds. The van der Waals surface area contributed by atoms with Crippen molar-refractivity contribution in [3.05, 3.63) is 0 Å². The van der Waals surface area contributed by atoms with E-state index in [1.165, 1.54) is 38.5 Å². The van der Waals surface area contributed by atoms with E-state index in [4.69, 9.17) is 4.74 Å². The summed E-state index contributed by atoms with van der Waals surface area (Å²) in [5.41, 5.74) is -0.223. The minimum atomic E-state index is -0.223. The van der Waals surface area contributed by atoms with Crippen molar-refractivity contribution in [3.63, 3.8) is 0 Å². The monoisotopic (exact) mass is 260 g/mol. The molecule has 1 heterocycles. The second kappa shape index (κ2) is 4.46. The molecule has 5 aliphatic rings. The third-order valence-electron chi connectivity index (χ3n) is 6.26. The molecule has 4 aliphatic carbocycles. The molecule has 1 atom stereocenters. The molecule has 3 heteroatoms. The summed E-state index contributed by atoms with van der Waals surface area (Å²) in [6, 6.07) is 2.72. The molecular formula is C16H24N2O. The first-order valence-electron chi connectivity index (χ1n) is 8.08. The van der Waals surface area contributed by atoms with Gasteiger partial charge in [-0.15, -0.1) is 0 Å². The number of nitrogens with one attached hydrogen (secondary N) is 1.